The number of likely N-dealkylation sites (N-methyl/N-ethyl adjacent to an activating group) is 1. The summed E-state index contributed by atoms with van der Waals surface area (Å²) in [5.74, 6) is -1.22. The summed E-state index contributed by atoms with van der Waals surface area (Å²) in [6.45, 7) is 0.258. The molecule has 1 atom stereocenters. The first kappa shape index (κ1) is 16.8. The highest BCUT2D eigenvalue weighted by atomic mass is 16.4. The Morgan fingerprint density at radius 1 is 1.07 bits per heavy atom. The number of nitrogens with zero attached hydrogens (tertiary/aromatic N) is 2. The maximum absolute atomic E-state index is 13.2. The van der Waals surface area contributed by atoms with E-state index in [1.165, 1.54) is 17.0 Å². The van der Waals surface area contributed by atoms with Crippen molar-refractivity contribution < 1.29 is 19.5 Å². The van der Waals surface area contributed by atoms with Gasteiger partial charge in [0.15, 0.2) is 0 Å². The number of amides is 3. The molecule has 0 bridgehead atoms. The van der Waals surface area contributed by atoms with Gasteiger partial charge in [0, 0.05) is 12.7 Å². The molecule has 0 aromatic heterocycles. The summed E-state index contributed by atoms with van der Waals surface area (Å²) < 4.78 is 0. The molecule has 4 rings (SSSR count). The first-order chi connectivity index (χ1) is 13.0. The van der Waals surface area contributed by atoms with Crippen LogP contribution in [0.4, 0.5) is 10.5 Å². The number of aromatic carboxylic acids is 1. The standard InChI is InChI=1S/C20H17N3O4/c1-22-15-11-23(14-9-7-13(8-10-14)19(25)26)18(24)16(15)17(21-20(22)27)12-5-3-2-4-6-12/h2-10,17H,11H2,1H3,(H,21,27)(H,25,26). The van der Waals surface area contributed by atoms with Gasteiger partial charge in [-0.1, -0.05) is 30.3 Å². The van der Waals surface area contributed by atoms with Gasteiger partial charge in [-0.2, -0.15) is 0 Å². The van der Waals surface area contributed by atoms with E-state index in [0.717, 1.165) is 5.56 Å². The van der Waals surface area contributed by atoms with E-state index < -0.39 is 12.0 Å². The van der Waals surface area contributed by atoms with E-state index in [9.17, 15) is 14.4 Å². The molecule has 2 aromatic rings. The van der Waals surface area contributed by atoms with E-state index in [1.807, 2.05) is 30.3 Å². The molecule has 7 heteroatoms. The molecule has 2 heterocycles. The van der Waals surface area contributed by atoms with Gasteiger partial charge >= 0.3 is 12.0 Å². The molecule has 0 fully saturated rings. The van der Waals surface area contributed by atoms with Crippen LogP contribution in [0.25, 0.3) is 0 Å². The van der Waals surface area contributed by atoms with Crippen molar-refractivity contribution in [1.29, 1.82) is 0 Å². The molecule has 136 valence electrons. The molecule has 0 radical (unpaired) electrons. The fourth-order valence-corrected chi connectivity index (χ4v) is 3.46. The Bertz CT molecular complexity index is 966. The fourth-order valence-electron chi connectivity index (χ4n) is 3.46. The molecule has 2 aliphatic rings. The minimum atomic E-state index is -1.02. The number of carbonyl (C=O) groups excluding carboxylic acids is 2. The van der Waals surface area contributed by atoms with E-state index in [1.54, 1.807) is 24.1 Å². The molecule has 2 N–H and O–H groups in total. The lowest BCUT2D eigenvalue weighted by atomic mass is 9.96. The lowest BCUT2D eigenvalue weighted by Crippen LogP contribution is -2.45. The van der Waals surface area contributed by atoms with Crippen LogP contribution in [-0.2, 0) is 4.79 Å². The van der Waals surface area contributed by atoms with Crippen LogP contribution in [0.5, 0.6) is 0 Å². The molecule has 0 saturated carbocycles. The molecule has 0 spiro atoms. The van der Waals surface area contributed by atoms with Crippen LogP contribution in [0.2, 0.25) is 0 Å². The molecule has 3 amide bonds. The number of hydrogen-bond acceptors (Lipinski definition) is 3. The van der Waals surface area contributed by atoms with Crippen molar-refractivity contribution in [2.24, 2.45) is 0 Å². The van der Waals surface area contributed by atoms with E-state index in [-0.39, 0.29) is 24.0 Å². The Hall–Kier alpha value is -3.61. The predicted molar refractivity (Wildman–Crippen MR) is 98.3 cm³/mol. The van der Waals surface area contributed by atoms with E-state index in [2.05, 4.69) is 5.32 Å². The Labute approximate surface area is 155 Å². The van der Waals surface area contributed by atoms with E-state index >= 15 is 0 Å². The van der Waals surface area contributed by atoms with Crippen molar-refractivity contribution in [3.8, 4) is 0 Å². The van der Waals surface area contributed by atoms with Crippen LogP contribution in [0, 0.1) is 0 Å². The lowest BCUT2D eigenvalue weighted by molar-refractivity contribution is -0.114. The second-order valence-corrected chi connectivity index (χ2v) is 6.46. The van der Waals surface area contributed by atoms with Crippen LogP contribution >= 0.6 is 0 Å². The number of hydrogen-bond donors (Lipinski definition) is 2. The van der Waals surface area contributed by atoms with Crippen molar-refractivity contribution in [2.75, 3.05) is 18.5 Å². The average Bonchev–Trinajstić information content (AvgIpc) is 3.03. The number of anilines is 1. The zero-order chi connectivity index (χ0) is 19.1. The Kier molecular flexibility index (Phi) is 3.92. The monoisotopic (exact) mass is 363 g/mol. The second kappa shape index (κ2) is 6.28. The van der Waals surface area contributed by atoms with Gasteiger partial charge in [-0.3, -0.25) is 9.69 Å². The number of carboxylic acids is 1. The topological polar surface area (TPSA) is 90.0 Å². The third kappa shape index (κ3) is 2.73. The summed E-state index contributed by atoms with van der Waals surface area (Å²) in [5.41, 5.74) is 2.76. The average molecular weight is 363 g/mol. The lowest BCUT2D eigenvalue weighted by Gasteiger charge is -2.31. The van der Waals surface area contributed by atoms with Crippen molar-refractivity contribution in [1.82, 2.24) is 10.2 Å². The molecule has 0 saturated heterocycles. The van der Waals surface area contributed by atoms with Crippen LogP contribution in [0.3, 0.4) is 0 Å². The number of carboxylic acid groups (broad SMARTS) is 1. The highest BCUT2D eigenvalue weighted by molar-refractivity contribution is 6.11. The van der Waals surface area contributed by atoms with Gasteiger partial charge in [0.25, 0.3) is 5.91 Å². The number of carbonyl (C=O) groups is 3. The Morgan fingerprint density at radius 3 is 2.37 bits per heavy atom. The van der Waals surface area contributed by atoms with Gasteiger partial charge in [-0.25, -0.2) is 9.59 Å². The SMILES string of the molecule is CN1C(=O)NC(c2ccccc2)C2=C1CN(c1ccc(C(=O)O)cc1)C2=O. The van der Waals surface area contributed by atoms with Crippen LogP contribution in [0.15, 0.2) is 65.9 Å². The van der Waals surface area contributed by atoms with E-state index in [4.69, 9.17) is 5.11 Å². The van der Waals surface area contributed by atoms with Crippen molar-refractivity contribution in [3.05, 3.63) is 77.0 Å². The Balaban J connectivity index is 1.72. The summed E-state index contributed by atoms with van der Waals surface area (Å²) in [6, 6.07) is 14.7. The molecule has 2 aliphatic heterocycles. The maximum atomic E-state index is 13.2. The maximum Gasteiger partial charge on any atom is 0.335 e. The van der Waals surface area contributed by atoms with Gasteiger partial charge in [-0.05, 0) is 29.8 Å². The second-order valence-electron chi connectivity index (χ2n) is 6.46. The highest BCUT2D eigenvalue weighted by Gasteiger charge is 2.43. The molecule has 1 unspecified atom stereocenters. The summed E-state index contributed by atoms with van der Waals surface area (Å²) in [4.78, 5) is 39.6. The summed E-state index contributed by atoms with van der Waals surface area (Å²) in [5, 5.41) is 11.9. The van der Waals surface area contributed by atoms with Crippen molar-refractivity contribution in [3.63, 3.8) is 0 Å². The minimum absolute atomic E-state index is 0.152. The molecule has 2 aromatic carbocycles. The fraction of sp³-hybridized carbons (Fsp3) is 0.150. The summed E-state index contributed by atoms with van der Waals surface area (Å²) in [7, 11) is 1.64. The van der Waals surface area contributed by atoms with Crippen LogP contribution in [-0.4, -0.2) is 41.5 Å². The molecular formula is C20H17N3O4. The molecular weight excluding hydrogens is 346 g/mol. The number of nitrogens with one attached hydrogen (secondary N) is 1. The van der Waals surface area contributed by atoms with Gasteiger partial charge in [0.1, 0.15) is 0 Å². The predicted octanol–water partition coefficient (Wildman–Crippen LogP) is 2.38. The highest BCUT2D eigenvalue weighted by Crippen LogP contribution is 2.37. The van der Waals surface area contributed by atoms with Gasteiger partial charge < -0.3 is 15.3 Å². The zero-order valence-corrected chi connectivity index (χ0v) is 14.5. The molecule has 7 nitrogen and oxygen atoms in total. The first-order valence-corrected chi connectivity index (χ1v) is 8.45. The van der Waals surface area contributed by atoms with Crippen LogP contribution < -0.4 is 10.2 Å². The van der Waals surface area contributed by atoms with Gasteiger partial charge in [0.2, 0.25) is 0 Å². The smallest absolute Gasteiger partial charge is 0.335 e. The number of rotatable bonds is 3. The number of benzene rings is 2. The van der Waals surface area contributed by atoms with E-state index in [0.29, 0.717) is 17.0 Å². The van der Waals surface area contributed by atoms with Crippen LogP contribution in [0.1, 0.15) is 22.0 Å². The summed E-state index contributed by atoms with van der Waals surface area (Å²) in [6.07, 6.45) is 0. The largest absolute Gasteiger partial charge is 0.478 e. The minimum Gasteiger partial charge on any atom is -0.478 e. The van der Waals surface area contributed by atoms with Crippen molar-refractivity contribution in [2.45, 2.75) is 6.04 Å². The normalized spacial score (nSPS) is 19.2. The third-order valence-corrected chi connectivity index (χ3v) is 4.92. The zero-order valence-electron chi connectivity index (χ0n) is 14.5. The Morgan fingerprint density at radius 2 is 1.74 bits per heavy atom. The van der Waals surface area contributed by atoms with Gasteiger partial charge in [0.05, 0.1) is 29.4 Å². The third-order valence-electron chi connectivity index (χ3n) is 4.92. The first-order valence-electron chi connectivity index (χ1n) is 8.45. The van der Waals surface area contributed by atoms with Gasteiger partial charge in [-0.15, -0.1) is 0 Å². The van der Waals surface area contributed by atoms with Crippen molar-refractivity contribution >= 4 is 23.6 Å². The molecule has 27 heavy (non-hydrogen) atoms. The number of urea groups is 1. The quantitative estimate of drug-likeness (QED) is 0.876. The summed E-state index contributed by atoms with van der Waals surface area (Å²) >= 11 is 0. The molecule has 0 aliphatic carbocycles.